The predicted molar refractivity (Wildman–Crippen MR) is 52.3 cm³/mol. The molecule has 8 heteroatoms. The third kappa shape index (κ3) is 3.05. The Morgan fingerprint density at radius 2 is 2.00 bits per heavy atom. The van der Waals surface area contributed by atoms with E-state index in [-0.39, 0.29) is 13.2 Å². The molecule has 1 heterocycles. The van der Waals surface area contributed by atoms with E-state index in [9.17, 15) is 15.3 Å². The van der Waals surface area contributed by atoms with Crippen LogP contribution in [-0.2, 0) is 9.47 Å². The fourth-order valence-electron chi connectivity index (χ4n) is 1.41. The number of hydrogen-bond acceptors (Lipinski definition) is 6. The second-order valence-electron chi connectivity index (χ2n) is 3.51. The van der Waals surface area contributed by atoms with E-state index in [2.05, 4.69) is 10.0 Å². The lowest BCUT2D eigenvalue weighted by Gasteiger charge is -2.38. The molecule has 0 spiro atoms. The van der Waals surface area contributed by atoms with Gasteiger partial charge in [0.15, 0.2) is 6.29 Å². The van der Waals surface area contributed by atoms with Crippen LogP contribution in [0, 0.1) is 0 Å². The van der Waals surface area contributed by atoms with Crippen LogP contribution in [0.2, 0.25) is 0 Å². The summed E-state index contributed by atoms with van der Waals surface area (Å²) < 4.78 is 10.2. The summed E-state index contributed by atoms with van der Waals surface area (Å²) in [5.74, 6) is 0. The zero-order valence-electron chi connectivity index (χ0n) is 8.80. The third-order valence-corrected chi connectivity index (χ3v) is 2.35. The molecule has 1 saturated heterocycles. The molecule has 8 nitrogen and oxygen atoms in total. The van der Waals surface area contributed by atoms with Crippen molar-refractivity contribution in [1.82, 2.24) is 0 Å². The topological polar surface area (TPSA) is 128 Å². The molecular weight excluding hydrogens is 218 g/mol. The molecule has 0 saturated carbocycles. The fourth-order valence-corrected chi connectivity index (χ4v) is 1.41. The highest BCUT2D eigenvalue weighted by molar-refractivity contribution is 4.87. The number of nitrogens with zero attached hydrogens (tertiary/aromatic N) is 3. The summed E-state index contributed by atoms with van der Waals surface area (Å²) in [6.45, 7) is 1.74. The van der Waals surface area contributed by atoms with Crippen LogP contribution in [0.15, 0.2) is 5.11 Å². The summed E-state index contributed by atoms with van der Waals surface area (Å²) >= 11 is 0. The molecule has 1 fully saturated rings. The van der Waals surface area contributed by atoms with E-state index in [1.807, 2.05) is 0 Å². The summed E-state index contributed by atoms with van der Waals surface area (Å²) in [5.41, 5.74) is 8.02. The lowest BCUT2D eigenvalue weighted by atomic mass is 10.0. The van der Waals surface area contributed by atoms with Crippen LogP contribution in [0.5, 0.6) is 0 Å². The molecule has 0 radical (unpaired) electrons. The second-order valence-corrected chi connectivity index (χ2v) is 3.51. The first-order chi connectivity index (χ1) is 7.57. The molecule has 3 N–H and O–H groups in total. The quantitative estimate of drug-likeness (QED) is 0.252. The van der Waals surface area contributed by atoms with E-state index in [1.165, 1.54) is 0 Å². The number of ether oxygens (including phenoxy) is 2. The molecule has 92 valence electrons. The summed E-state index contributed by atoms with van der Waals surface area (Å²) in [5, 5.41) is 31.6. The smallest absolute Gasteiger partial charge is 0.186 e. The van der Waals surface area contributed by atoms with E-state index in [0.717, 1.165) is 0 Å². The minimum Gasteiger partial charge on any atom is -0.388 e. The molecule has 0 amide bonds. The van der Waals surface area contributed by atoms with Crippen molar-refractivity contribution in [3.05, 3.63) is 10.4 Å². The standard InChI is InChI=1S/C8H15N3O5/c1-4-5(12)6(13)7(14)8(16-4)15-3-2-10-11-9/h4-8,12-14H,2-3H2,1H3/t4-,5+,6+,7-,8-/m1/s1. The number of rotatable bonds is 4. The Hall–Kier alpha value is -0.890. The lowest BCUT2D eigenvalue weighted by Crippen LogP contribution is -2.57. The molecule has 0 aromatic carbocycles. The molecule has 0 bridgehead atoms. The molecule has 0 aromatic heterocycles. The van der Waals surface area contributed by atoms with Gasteiger partial charge in [-0.3, -0.25) is 0 Å². The zero-order valence-corrected chi connectivity index (χ0v) is 8.80. The maximum absolute atomic E-state index is 9.52. The highest BCUT2D eigenvalue weighted by Gasteiger charge is 2.42. The molecule has 1 rings (SSSR count). The van der Waals surface area contributed by atoms with Gasteiger partial charge in [0.05, 0.1) is 12.7 Å². The molecular formula is C8H15N3O5. The first kappa shape index (κ1) is 13.2. The highest BCUT2D eigenvalue weighted by atomic mass is 16.7. The Bertz CT molecular complexity index is 270. The van der Waals surface area contributed by atoms with Gasteiger partial charge in [0.1, 0.15) is 18.3 Å². The molecule has 1 aliphatic rings. The summed E-state index contributed by atoms with van der Waals surface area (Å²) in [6.07, 6.45) is -5.44. The van der Waals surface area contributed by atoms with Crippen LogP contribution >= 0.6 is 0 Å². The van der Waals surface area contributed by atoms with Crippen LogP contribution in [0.25, 0.3) is 10.4 Å². The molecule has 0 aromatic rings. The number of azide groups is 1. The van der Waals surface area contributed by atoms with Crippen molar-refractivity contribution in [1.29, 1.82) is 0 Å². The van der Waals surface area contributed by atoms with Gasteiger partial charge in [-0.05, 0) is 12.5 Å². The third-order valence-electron chi connectivity index (χ3n) is 2.35. The van der Waals surface area contributed by atoms with Gasteiger partial charge < -0.3 is 24.8 Å². The molecule has 5 atom stereocenters. The SMILES string of the molecule is C[C@H]1O[C@@H](OCCN=[N+]=[N-])[C@H](O)[C@@H](O)[C@H]1O. The molecule has 0 unspecified atom stereocenters. The van der Waals surface area contributed by atoms with Crippen molar-refractivity contribution in [3.8, 4) is 0 Å². The zero-order chi connectivity index (χ0) is 12.1. The van der Waals surface area contributed by atoms with Gasteiger partial charge in [0.25, 0.3) is 0 Å². The number of aliphatic hydroxyl groups is 3. The Balaban J connectivity index is 2.44. The van der Waals surface area contributed by atoms with Gasteiger partial charge in [-0.15, -0.1) is 0 Å². The van der Waals surface area contributed by atoms with E-state index in [1.54, 1.807) is 6.92 Å². The van der Waals surface area contributed by atoms with E-state index in [4.69, 9.17) is 15.0 Å². The van der Waals surface area contributed by atoms with E-state index >= 15 is 0 Å². The van der Waals surface area contributed by atoms with Crippen molar-refractivity contribution in [2.24, 2.45) is 5.11 Å². The first-order valence-electron chi connectivity index (χ1n) is 4.90. The Labute approximate surface area is 92.0 Å². The van der Waals surface area contributed by atoms with Crippen LogP contribution in [0.1, 0.15) is 6.92 Å². The van der Waals surface area contributed by atoms with Gasteiger partial charge in [-0.1, -0.05) is 5.11 Å². The predicted octanol–water partition coefficient (Wildman–Crippen LogP) is -0.859. The Morgan fingerprint density at radius 3 is 2.62 bits per heavy atom. The summed E-state index contributed by atoms with van der Waals surface area (Å²) in [6, 6.07) is 0. The van der Waals surface area contributed by atoms with Gasteiger partial charge in [-0.2, -0.15) is 0 Å². The molecule has 16 heavy (non-hydrogen) atoms. The number of aliphatic hydroxyl groups excluding tert-OH is 3. The van der Waals surface area contributed by atoms with E-state index < -0.39 is 30.7 Å². The average molecular weight is 233 g/mol. The molecule has 1 aliphatic heterocycles. The van der Waals surface area contributed by atoms with Crippen molar-refractivity contribution < 1.29 is 24.8 Å². The lowest BCUT2D eigenvalue weighted by molar-refractivity contribution is -0.292. The van der Waals surface area contributed by atoms with Crippen LogP contribution in [0.3, 0.4) is 0 Å². The monoisotopic (exact) mass is 233 g/mol. The largest absolute Gasteiger partial charge is 0.388 e. The Kier molecular flexibility index (Phi) is 4.94. The summed E-state index contributed by atoms with van der Waals surface area (Å²) in [7, 11) is 0. The number of hydrogen-bond donors (Lipinski definition) is 3. The van der Waals surface area contributed by atoms with Crippen LogP contribution in [-0.4, -0.2) is 59.2 Å². The maximum atomic E-state index is 9.52. The van der Waals surface area contributed by atoms with E-state index in [0.29, 0.717) is 0 Å². The molecule has 0 aliphatic carbocycles. The summed E-state index contributed by atoms with van der Waals surface area (Å²) in [4.78, 5) is 2.53. The van der Waals surface area contributed by atoms with Gasteiger partial charge >= 0.3 is 0 Å². The second kappa shape index (κ2) is 6.00. The normalized spacial score (nSPS) is 39.1. The first-order valence-corrected chi connectivity index (χ1v) is 4.90. The van der Waals surface area contributed by atoms with Crippen molar-refractivity contribution in [2.75, 3.05) is 13.2 Å². The van der Waals surface area contributed by atoms with Crippen molar-refractivity contribution in [3.63, 3.8) is 0 Å². The van der Waals surface area contributed by atoms with Crippen LogP contribution in [0.4, 0.5) is 0 Å². The Morgan fingerprint density at radius 1 is 1.31 bits per heavy atom. The van der Waals surface area contributed by atoms with Crippen molar-refractivity contribution >= 4 is 0 Å². The highest BCUT2D eigenvalue weighted by Crippen LogP contribution is 2.21. The van der Waals surface area contributed by atoms with Gasteiger partial charge in [-0.25, -0.2) is 0 Å². The average Bonchev–Trinajstić information content (AvgIpc) is 2.28. The minimum absolute atomic E-state index is 0.0708. The fraction of sp³-hybridized carbons (Fsp3) is 1.00. The van der Waals surface area contributed by atoms with Gasteiger partial charge in [0, 0.05) is 11.5 Å². The maximum Gasteiger partial charge on any atom is 0.186 e. The minimum atomic E-state index is -1.32. The van der Waals surface area contributed by atoms with Gasteiger partial charge in [0.2, 0.25) is 0 Å². The van der Waals surface area contributed by atoms with Crippen molar-refractivity contribution in [2.45, 2.75) is 37.6 Å². The van der Waals surface area contributed by atoms with Crippen LogP contribution < -0.4 is 0 Å².